The predicted molar refractivity (Wildman–Crippen MR) is 76.4 cm³/mol. The molecule has 2 atom stereocenters. The molecular formula is C13H22INO2. The van der Waals surface area contributed by atoms with E-state index in [2.05, 4.69) is 41.3 Å². The molecule has 0 spiro atoms. The molecule has 0 aromatic rings. The molecule has 0 aromatic carbocycles. The van der Waals surface area contributed by atoms with Gasteiger partial charge in [0.1, 0.15) is 0 Å². The first kappa shape index (κ1) is 13.6. The molecule has 2 heterocycles. The monoisotopic (exact) mass is 351 g/mol. The van der Waals surface area contributed by atoms with Crippen LogP contribution in [0.3, 0.4) is 0 Å². The van der Waals surface area contributed by atoms with Gasteiger partial charge < -0.3 is 9.64 Å². The second-order valence-electron chi connectivity index (χ2n) is 5.65. The van der Waals surface area contributed by atoms with Crippen molar-refractivity contribution in [1.29, 1.82) is 0 Å². The summed E-state index contributed by atoms with van der Waals surface area (Å²) in [5.74, 6) is 0.347. The highest BCUT2D eigenvalue weighted by Gasteiger charge is 2.41. The molecule has 2 fully saturated rings. The smallest absolute Gasteiger partial charge is 0.236 e. The van der Waals surface area contributed by atoms with Crippen molar-refractivity contribution in [3.05, 3.63) is 0 Å². The number of amides is 1. The lowest BCUT2D eigenvalue weighted by molar-refractivity contribution is -0.134. The van der Waals surface area contributed by atoms with Gasteiger partial charge in [-0.15, -0.1) is 0 Å². The molecule has 0 bridgehead atoms. The van der Waals surface area contributed by atoms with E-state index < -0.39 is 0 Å². The molecule has 2 rings (SSSR count). The lowest BCUT2D eigenvalue weighted by Crippen LogP contribution is -2.47. The molecule has 1 unspecified atom stereocenters. The molecular weight excluding hydrogens is 329 g/mol. The summed E-state index contributed by atoms with van der Waals surface area (Å²) < 4.78 is 5.51. The number of carbonyl (C=O) groups is 1. The van der Waals surface area contributed by atoms with Crippen LogP contribution in [-0.2, 0) is 9.53 Å². The quantitative estimate of drug-likeness (QED) is 0.566. The fourth-order valence-electron chi connectivity index (χ4n) is 2.80. The molecule has 0 N–H and O–H groups in total. The van der Waals surface area contributed by atoms with Crippen molar-refractivity contribution in [3.63, 3.8) is 0 Å². The van der Waals surface area contributed by atoms with E-state index in [1.807, 2.05) is 0 Å². The Hall–Kier alpha value is 0.160. The Morgan fingerprint density at radius 3 is 2.65 bits per heavy atom. The minimum absolute atomic E-state index is 0.101. The molecule has 0 saturated carbocycles. The lowest BCUT2D eigenvalue weighted by Gasteiger charge is -2.39. The Bertz CT molecular complexity index is 289. The highest BCUT2D eigenvalue weighted by Crippen LogP contribution is 2.39. The van der Waals surface area contributed by atoms with Gasteiger partial charge in [-0.1, -0.05) is 29.5 Å². The largest absolute Gasteiger partial charge is 0.381 e. The summed E-state index contributed by atoms with van der Waals surface area (Å²) in [4.78, 5) is 14.6. The standard InChI is InChI=1S/C13H22INO2/c1-10-4-3-7-15(10)12(16)11(14)13(2)5-8-17-9-6-13/h10-11H,3-9H2,1-2H3/t10-,11?/m1/s1. The van der Waals surface area contributed by atoms with Gasteiger partial charge in [0.05, 0.1) is 3.92 Å². The normalized spacial score (nSPS) is 30.3. The van der Waals surface area contributed by atoms with Gasteiger partial charge in [-0.25, -0.2) is 0 Å². The number of hydrogen-bond donors (Lipinski definition) is 0. The topological polar surface area (TPSA) is 29.5 Å². The Balaban J connectivity index is 2.03. The maximum absolute atomic E-state index is 12.5. The van der Waals surface area contributed by atoms with Crippen LogP contribution in [0, 0.1) is 5.41 Å². The highest BCUT2D eigenvalue weighted by molar-refractivity contribution is 14.1. The van der Waals surface area contributed by atoms with Gasteiger partial charge in [-0.2, -0.15) is 0 Å². The molecule has 2 saturated heterocycles. The second-order valence-corrected chi connectivity index (χ2v) is 6.90. The van der Waals surface area contributed by atoms with Gasteiger partial charge in [-0.3, -0.25) is 4.79 Å². The van der Waals surface area contributed by atoms with Crippen molar-refractivity contribution in [2.75, 3.05) is 19.8 Å². The lowest BCUT2D eigenvalue weighted by atomic mass is 9.79. The summed E-state index contributed by atoms with van der Waals surface area (Å²) in [7, 11) is 0. The van der Waals surface area contributed by atoms with E-state index in [-0.39, 0.29) is 9.34 Å². The van der Waals surface area contributed by atoms with Crippen molar-refractivity contribution in [1.82, 2.24) is 4.90 Å². The molecule has 3 nitrogen and oxygen atoms in total. The third-order valence-corrected chi connectivity index (χ3v) is 6.34. The minimum atomic E-state index is 0.101. The van der Waals surface area contributed by atoms with Gasteiger partial charge in [0.25, 0.3) is 0 Å². The number of carbonyl (C=O) groups excluding carboxylic acids is 1. The average molecular weight is 351 g/mol. The van der Waals surface area contributed by atoms with E-state index in [1.165, 1.54) is 0 Å². The SMILES string of the molecule is C[C@@H]1CCCN1C(=O)C(I)C1(C)CCOCC1. The van der Waals surface area contributed by atoms with Crippen LogP contribution >= 0.6 is 22.6 Å². The van der Waals surface area contributed by atoms with Crippen LogP contribution < -0.4 is 0 Å². The number of halogens is 1. The van der Waals surface area contributed by atoms with Crippen LogP contribution in [0.5, 0.6) is 0 Å². The van der Waals surface area contributed by atoms with Gasteiger partial charge in [0.2, 0.25) is 5.91 Å². The molecule has 0 radical (unpaired) electrons. The Morgan fingerprint density at radius 2 is 2.12 bits per heavy atom. The van der Waals surface area contributed by atoms with Crippen molar-refractivity contribution >= 4 is 28.5 Å². The van der Waals surface area contributed by atoms with Gasteiger partial charge in [-0.05, 0) is 38.0 Å². The van der Waals surface area contributed by atoms with Gasteiger partial charge >= 0.3 is 0 Å². The molecule has 2 aliphatic heterocycles. The Kier molecular flexibility index (Phi) is 4.34. The molecule has 98 valence electrons. The summed E-state index contributed by atoms with van der Waals surface area (Å²) in [5.41, 5.74) is 0.123. The van der Waals surface area contributed by atoms with Crippen LogP contribution in [0.2, 0.25) is 0 Å². The zero-order valence-corrected chi connectivity index (χ0v) is 12.9. The molecule has 0 aromatic heterocycles. The Labute approximate surface area is 117 Å². The van der Waals surface area contributed by atoms with Crippen LogP contribution in [0.1, 0.15) is 39.5 Å². The number of alkyl halides is 1. The van der Waals surface area contributed by atoms with Crippen molar-refractivity contribution in [2.24, 2.45) is 5.41 Å². The maximum atomic E-state index is 12.5. The van der Waals surface area contributed by atoms with E-state index in [0.29, 0.717) is 11.9 Å². The molecule has 0 aliphatic carbocycles. The van der Waals surface area contributed by atoms with Crippen LogP contribution in [0.25, 0.3) is 0 Å². The van der Waals surface area contributed by atoms with Gasteiger partial charge in [0.15, 0.2) is 0 Å². The number of rotatable bonds is 2. The first-order valence-electron chi connectivity index (χ1n) is 6.57. The van der Waals surface area contributed by atoms with E-state index in [1.54, 1.807) is 0 Å². The van der Waals surface area contributed by atoms with Crippen LogP contribution in [0.15, 0.2) is 0 Å². The number of ether oxygens (including phenoxy) is 1. The second kappa shape index (κ2) is 5.43. The molecule has 17 heavy (non-hydrogen) atoms. The number of likely N-dealkylation sites (tertiary alicyclic amines) is 1. The zero-order chi connectivity index (χ0) is 12.5. The first-order chi connectivity index (χ1) is 8.04. The third-order valence-electron chi connectivity index (χ3n) is 4.30. The summed E-state index contributed by atoms with van der Waals surface area (Å²) in [6, 6.07) is 0.434. The average Bonchev–Trinajstić information content (AvgIpc) is 2.74. The van der Waals surface area contributed by atoms with Crippen molar-refractivity contribution in [3.8, 4) is 0 Å². The molecule has 1 amide bonds. The summed E-state index contributed by atoms with van der Waals surface area (Å²) in [6.07, 6.45) is 4.34. The fraction of sp³-hybridized carbons (Fsp3) is 0.923. The molecule has 4 heteroatoms. The molecule has 2 aliphatic rings. The Morgan fingerprint density at radius 1 is 1.47 bits per heavy atom. The summed E-state index contributed by atoms with van der Waals surface area (Å²) in [5, 5.41) is 0. The van der Waals surface area contributed by atoms with Crippen molar-refractivity contribution in [2.45, 2.75) is 49.5 Å². The van der Waals surface area contributed by atoms with E-state index >= 15 is 0 Å². The fourth-order valence-corrected chi connectivity index (χ4v) is 3.78. The van der Waals surface area contributed by atoms with Crippen molar-refractivity contribution < 1.29 is 9.53 Å². The first-order valence-corrected chi connectivity index (χ1v) is 7.81. The van der Waals surface area contributed by atoms with E-state index in [9.17, 15) is 4.79 Å². The van der Waals surface area contributed by atoms with E-state index in [0.717, 1.165) is 45.4 Å². The minimum Gasteiger partial charge on any atom is -0.381 e. The maximum Gasteiger partial charge on any atom is 0.236 e. The third kappa shape index (κ3) is 2.78. The number of nitrogens with zero attached hydrogens (tertiary/aromatic N) is 1. The van der Waals surface area contributed by atoms with E-state index in [4.69, 9.17) is 4.74 Å². The zero-order valence-electron chi connectivity index (χ0n) is 10.7. The predicted octanol–water partition coefficient (Wildman–Crippen LogP) is 2.62. The number of hydrogen-bond acceptors (Lipinski definition) is 2. The van der Waals surface area contributed by atoms with Crippen LogP contribution in [0.4, 0.5) is 0 Å². The van der Waals surface area contributed by atoms with Gasteiger partial charge in [0, 0.05) is 25.8 Å². The summed E-state index contributed by atoms with van der Waals surface area (Å²) in [6.45, 7) is 6.97. The highest BCUT2D eigenvalue weighted by atomic mass is 127. The van der Waals surface area contributed by atoms with Crippen LogP contribution in [-0.4, -0.2) is 40.5 Å². The summed E-state index contributed by atoms with van der Waals surface area (Å²) >= 11 is 2.36.